The number of rotatable bonds is 6. The first kappa shape index (κ1) is 18.1. The van der Waals surface area contributed by atoms with Gasteiger partial charge in [-0.25, -0.2) is 8.42 Å². The molecule has 136 valence electrons. The summed E-state index contributed by atoms with van der Waals surface area (Å²) in [7, 11) is -3.48. The maximum atomic E-state index is 12.5. The van der Waals surface area contributed by atoms with Gasteiger partial charge in [0.2, 0.25) is 15.9 Å². The third-order valence-corrected chi connectivity index (χ3v) is 6.53. The van der Waals surface area contributed by atoms with E-state index in [0.29, 0.717) is 32.2 Å². The highest BCUT2D eigenvalue weighted by molar-refractivity contribution is 7.89. The molecule has 1 saturated carbocycles. The van der Waals surface area contributed by atoms with Gasteiger partial charge >= 0.3 is 0 Å². The van der Waals surface area contributed by atoms with E-state index in [0.717, 1.165) is 5.56 Å². The summed E-state index contributed by atoms with van der Waals surface area (Å²) in [6.45, 7) is 3.63. The number of nitrogens with one attached hydrogen (secondary N) is 1. The minimum atomic E-state index is -3.48. The van der Waals surface area contributed by atoms with Crippen LogP contribution in [0.1, 0.15) is 25.3 Å². The van der Waals surface area contributed by atoms with Gasteiger partial charge in [-0.2, -0.15) is 4.31 Å². The lowest BCUT2D eigenvalue weighted by Gasteiger charge is -2.26. The number of carbonyl (C=O) groups is 1. The summed E-state index contributed by atoms with van der Waals surface area (Å²) in [5, 5.41) is 2.95. The number of hydrogen-bond acceptors (Lipinski definition) is 4. The first-order valence-corrected chi connectivity index (χ1v) is 10.1. The Morgan fingerprint density at radius 3 is 2.48 bits per heavy atom. The third kappa shape index (κ3) is 4.68. The van der Waals surface area contributed by atoms with Crippen LogP contribution in [0.5, 0.6) is 0 Å². The number of benzene rings is 1. The number of amides is 1. The summed E-state index contributed by atoms with van der Waals surface area (Å²) in [6, 6.07) is 6.78. The molecule has 0 aromatic heterocycles. The summed E-state index contributed by atoms with van der Waals surface area (Å²) in [5.41, 5.74) is 0.787. The summed E-state index contributed by atoms with van der Waals surface area (Å²) >= 11 is 0. The Morgan fingerprint density at radius 1 is 1.24 bits per heavy atom. The molecule has 2 aliphatic rings. The lowest BCUT2D eigenvalue weighted by atomic mass is 10.2. The minimum absolute atomic E-state index is 0.121. The lowest BCUT2D eigenvalue weighted by molar-refractivity contribution is -0.117. The average molecular weight is 364 g/mol. The fourth-order valence-corrected chi connectivity index (χ4v) is 4.25. The van der Waals surface area contributed by atoms with Gasteiger partial charge in [-0.05, 0) is 49.5 Å². The van der Waals surface area contributed by atoms with Gasteiger partial charge in [0.05, 0.1) is 18.1 Å². The van der Waals surface area contributed by atoms with Crippen LogP contribution in [-0.4, -0.2) is 51.0 Å². The zero-order chi connectivity index (χ0) is 17.9. The highest BCUT2D eigenvalue weighted by Gasteiger charge is 2.28. The molecular weight excluding hydrogens is 340 g/mol. The summed E-state index contributed by atoms with van der Waals surface area (Å²) in [4.78, 5) is 12.1. The molecule has 3 rings (SSSR count). The average Bonchev–Trinajstić information content (AvgIpc) is 3.46. The zero-order valence-corrected chi connectivity index (χ0v) is 15.2. The second-order valence-corrected chi connectivity index (χ2v) is 8.49. The van der Waals surface area contributed by atoms with Crippen LogP contribution in [0.25, 0.3) is 6.08 Å². The number of hydrogen-bond donors (Lipinski definition) is 1. The Hall–Kier alpha value is -1.70. The second-order valence-electron chi connectivity index (χ2n) is 6.55. The van der Waals surface area contributed by atoms with Crippen molar-refractivity contribution in [3.63, 3.8) is 0 Å². The van der Waals surface area contributed by atoms with Gasteiger partial charge in [0.25, 0.3) is 0 Å². The van der Waals surface area contributed by atoms with E-state index in [1.165, 1.54) is 23.2 Å². The van der Waals surface area contributed by atoms with Crippen molar-refractivity contribution in [2.45, 2.75) is 30.7 Å². The number of ether oxygens (including phenoxy) is 1. The predicted molar refractivity (Wildman–Crippen MR) is 95.4 cm³/mol. The highest BCUT2D eigenvalue weighted by atomic mass is 32.2. The van der Waals surface area contributed by atoms with Crippen molar-refractivity contribution in [1.82, 2.24) is 9.62 Å². The van der Waals surface area contributed by atoms with Crippen LogP contribution in [0.15, 0.2) is 35.2 Å². The topological polar surface area (TPSA) is 75.7 Å². The smallest absolute Gasteiger partial charge is 0.244 e. The van der Waals surface area contributed by atoms with Crippen molar-refractivity contribution >= 4 is 22.0 Å². The van der Waals surface area contributed by atoms with Crippen LogP contribution in [0.3, 0.4) is 0 Å². The third-order valence-electron chi connectivity index (χ3n) is 4.61. The van der Waals surface area contributed by atoms with Crippen molar-refractivity contribution < 1.29 is 17.9 Å². The van der Waals surface area contributed by atoms with E-state index in [1.807, 2.05) is 6.92 Å². The largest absolute Gasteiger partial charge is 0.379 e. The molecule has 1 aromatic rings. The Labute approximate surface area is 148 Å². The van der Waals surface area contributed by atoms with Crippen LogP contribution >= 0.6 is 0 Å². The Bertz CT molecular complexity index is 733. The Morgan fingerprint density at radius 2 is 1.88 bits per heavy atom. The van der Waals surface area contributed by atoms with E-state index in [1.54, 1.807) is 30.3 Å². The molecule has 25 heavy (non-hydrogen) atoms. The molecule has 1 N–H and O–H groups in total. The quantitative estimate of drug-likeness (QED) is 0.779. The molecule has 1 saturated heterocycles. The molecule has 1 atom stereocenters. The molecular formula is C18H24N2O4S. The van der Waals surface area contributed by atoms with Gasteiger partial charge in [-0.3, -0.25) is 4.79 Å². The maximum Gasteiger partial charge on any atom is 0.244 e. The zero-order valence-electron chi connectivity index (χ0n) is 14.3. The van der Waals surface area contributed by atoms with Crippen LogP contribution in [0, 0.1) is 5.92 Å². The molecule has 1 heterocycles. The Kier molecular flexibility index (Phi) is 5.56. The number of nitrogens with zero attached hydrogens (tertiary/aromatic N) is 1. The van der Waals surface area contributed by atoms with Crippen LogP contribution in [-0.2, 0) is 19.6 Å². The van der Waals surface area contributed by atoms with Crippen LogP contribution < -0.4 is 5.32 Å². The van der Waals surface area contributed by atoms with Gasteiger partial charge in [0, 0.05) is 25.2 Å². The normalized spacial score (nSPS) is 20.5. The van der Waals surface area contributed by atoms with E-state index >= 15 is 0 Å². The van der Waals surface area contributed by atoms with Crippen molar-refractivity contribution in [3.05, 3.63) is 35.9 Å². The van der Waals surface area contributed by atoms with Crippen molar-refractivity contribution in [2.24, 2.45) is 5.92 Å². The standard InChI is InChI=1S/C18H24N2O4S/c1-14(16-5-6-16)19-18(21)9-4-15-2-7-17(8-3-15)25(22,23)20-10-12-24-13-11-20/h2-4,7-9,14,16H,5-6,10-13H2,1H3,(H,19,21)/b9-4+. The van der Waals surface area contributed by atoms with Gasteiger partial charge in [0.1, 0.15) is 0 Å². The number of morpholine rings is 1. The molecule has 7 heteroatoms. The first-order chi connectivity index (χ1) is 12.0. The molecule has 1 aromatic carbocycles. The summed E-state index contributed by atoms with van der Waals surface area (Å²) in [5.74, 6) is 0.492. The van der Waals surface area contributed by atoms with Crippen molar-refractivity contribution in [1.29, 1.82) is 0 Å². The lowest BCUT2D eigenvalue weighted by Crippen LogP contribution is -2.40. The van der Waals surface area contributed by atoms with Crippen molar-refractivity contribution in [3.8, 4) is 0 Å². The van der Waals surface area contributed by atoms with Gasteiger partial charge in [-0.1, -0.05) is 12.1 Å². The molecule has 0 bridgehead atoms. The van der Waals surface area contributed by atoms with E-state index < -0.39 is 10.0 Å². The molecule has 6 nitrogen and oxygen atoms in total. The van der Waals surface area contributed by atoms with E-state index in [9.17, 15) is 13.2 Å². The first-order valence-electron chi connectivity index (χ1n) is 8.63. The molecule has 2 fully saturated rings. The summed E-state index contributed by atoms with van der Waals surface area (Å²) in [6.07, 6.45) is 5.55. The molecule has 1 aliphatic heterocycles. The summed E-state index contributed by atoms with van der Waals surface area (Å²) < 4.78 is 31.7. The predicted octanol–water partition coefficient (Wildman–Crippen LogP) is 1.64. The molecule has 1 aliphatic carbocycles. The molecule has 0 spiro atoms. The second kappa shape index (κ2) is 7.68. The van der Waals surface area contributed by atoms with Gasteiger partial charge < -0.3 is 10.1 Å². The van der Waals surface area contributed by atoms with Gasteiger partial charge in [-0.15, -0.1) is 0 Å². The van der Waals surface area contributed by atoms with E-state index in [2.05, 4.69) is 5.32 Å². The fourth-order valence-electron chi connectivity index (χ4n) is 2.85. The van der Waals surface area contributed by atoms with E-state index in [-0.39, 0.29) is 16.8 Å². The fraction of sp³-hybridized carbons (Fsp3) is 0.500. The SMILES string of the molecule is CC(NC(=O)/C=C/c1ccc(S(=O)(=O)N2CCOCC2)cc1)C1CC1. The minimum Gasteiger partial charge on any atom is -0.379 e. The molecule has 1 unspecified atom stereocenters. The maximum absolute atomic E-state index is 12.5. The van der Waals surface area contributed by atoms with Crippen LogP contribution in [0.2, 0.25) is 0 Å². The molecule has 0 radical (unpaired) electrons. The van der Waals surface area contributed by atoms with E-state index in [4.69, 9.17) is 4.74 Å². The van der Waals surface area contributed by atoms with Crippen LogP contribution in [0.4, 0.5) is 0 Å². The van der Waals surface area contributed by atoms with Gasteiger partial charge in [0.15, 0.2) is 0 Å². The monoisotopic (exact) mass is 364 g/mol. The number of sulfonamides is 1. The number of carbonyl (C=O) groups excluding carboxylic acids is 1. The highest BCUT2D eigenvalue weighted by Crippen LogP contribution is 2.32. The molecule has 1 amide bonds. The Balaban J connectivity index is 1.61. The van der Waals surface area contributed by atoms with Crippen molar-refractivity contribution in [2.75, 3.05) is 26.3 Å².